The molecule has 3 aromatic rings. The normalized spacial score (nSPS) is 16.6. The zero-order valence-corrected chi connectivity index (χ0v) is 12.7. The number of hydrogen-bond acceptors (Lipinski definition) is 4. The smallest absolute Gasteiger partial charge is 0.246 e. The maximum absolute atomic E-state index is 13.0. The molecule has 5 heteroatoms. The molecule has 1 atom stereocenters. The largest absolute Gasteiger partial charge is 0.359 e. The van der Waals surface area contributed by atoms with Crippen LogP contribution in [0.2, 0.25) is 0 Å². The summed E-state index contributed by atoms with van der Waals surface area (Å²) >= 11 is 0. The van der Waals surface area contributed by atoms with Crippen molar-refractivity contribution in [3.05, 3.63) is 65.8 Å². The van der Waals surface area contributed by atoms with E-state index in [9.17, 15) is 4.39 Å². The Morgan fingerprint density at radius 1 is 1.17 bits per heavy atom. The quantitative estimate of drug-likeness (QED) is 0.737. The Kier molecular flexibility index (Phi) is 3.33. The third-order valence-electron chi connectivity index (χ3n) is 4.22. The fourth-order valence-electron chi connectivity index (χ4n) is 3.05. The standard InChI is InChI=1S/C18H16FN3O/c1-12-10-14-4-2-3-5-16(14)22(12)11-17-20-18(21-23-17)13-6-8-15(19)9-7-13/h2-9,12H,10-11H2,1H3. The second-order valence-electron chi connectivity index (χ2n) is 5.83. The van der Waals surface area contributed by atoms with E-state index in [-0.39, 0.29) is 5.82 Å². The van der Waals surface area contributed by atoms with Gasteiger partial charge in [0.2, 0.25) is 11.7 Å². The Hall–Kier alpha value is -2.69. The first-order chi connectivity index (χ1) is 11.2. The summed E-state index contributed by atoms with van der Waals surface area (Å²) in [6.45, 7) is 2.77. The molecular weight excluding hydrogens is 293 g/mol. The zero-order valence-electron chi connectivity index (χ0n) is 12.7. The maximum Gasteiger partial charge on any atom is 0.246 e. The molecule has 2 heterocycles. The summed E-state index contributed by atoms with van der Waals surface area (Å²) in [6.07, 6.45) is 1.02. The van der Waals surface area contributed by atoms with Crippen LogP contribution in [0.5, 0.6) is 0 Å². The summed E-state index contributed by atoms with van der Waals surface area (Å²) in [6, 6.07) is 14.9. The average molecular weight is 309 g/mol. The lowest BCUT2D eigenvalue weighted by molar-refractivity contribution is 0.374. The maximum atomic E-state index is 13.0. The molecule has 0 amide bonds. The van der Waals surface area contributed by atoms with Crippen LogP contribution in [0.25, 0.3) is 11.4 Å². The van der Waals surface area contributed by atoms with E-state index in [4.69, 9.17) is 4.52 Å². The Balaban J connectivity index is 1.57. The molecule has 4 nitrogen and oxygen atoms in total. The summed E-state index contributed by atoms with van der Waals surface area (Å²) in [4.78, 5) is 6.71. The van der Waals surface area contributed by atoms with Gasteiger partial charge in [-0.25, -0.2) is 4.39 Å². The molecule has 1 aliphatic heterocycles. The summed E-state index contributed by atoms with van der Waals surface area (Å²) in [5.74, 6) is 0.771. The van der Waals surface area contributed by atoms with Gasteiger partial charge in [-0.1, -0.05) is 23.4 Å². The summed E-state index contributed by atoms with van der Waals surface area (Å²) in [5, 5.41) is 4.00. The third kappa shape index (κ3) is 2.59. The number of benzene rings is 2. The number of rotatable bonds is 3. The third-order valence-corrected chi connectivity index (χ3v) is 4.22. The van der Waals surface area contributed by atoms with Gasteiger partial charge in [-0.05, 0) is 49.2 Å². The van der Waals surface area contributed by atoms with Gasteiger partial charge >= 0.3 is 0 Å². The van der Waals surface area contributed by atoms with Crippen molar-refractivity contribution >= 4 is 5.69 Å². The number of para-hydroxylation sites is 1. The lowest BCUT2D eigenvalue weighted by Gasteiger charge is -2.22. The van der Waals surface area contributed by atoms with Crippen LogP contribution in [0.15, 0.2) is 53.1 Å². The van der Waals surface area contributed by atoms with Gasteiger partial charge in [0, 0.05) is 17.3 Å². The highest BCUT2D eigenvalue weighted by molar-refractivity contribution is 5.59. The number of fused-ring (bicyclic) bond motifs is 1. The monoisotopic (exact) mass is 309 g/mol. The van der Waals surface area contributed by atoms with Crippen LogP contribution in [-0.4, -0.2) is 16.2 Å². The van der Waals surface area contributed by atoms with E-state index in [0.29, 0.717) is 24.3 Å². The average Bonchev–Trinajstić information content (AvgIpc) is 3.14. The predicted octanol–water partition coefficient (Wildman–Crippen LogP) is 3.83. The molecule has 1 aromatic heterocycles. The van der Waals surface area contributed by atoms with Gasteiger partial charge in [-0.2, -0.15) is 4.98 Å². The minimum absolute atomic E-state index is 0.278. The molecule has 1 unspecified atom stereocenters. The second-order valence-corrected chi connectivity index (χ2v) is 5.83. The second kappa shape index (κ2) is 5.50. The van der Waals surface area contributed by atoms with Crippen LogP contribution >= 0.6 is 0 Å². The van der Waals surface area contributed by atoms with Crippen molar-refractivity contribution in [2.45, 2.75) is 25.9 Å². The minimum Gasteiger partial charge on any atom is -0.359 e. The molecule has 0 N–H and O–H groups in total. The van der Waals surface area contributed by atoms with E-state index in [0.717, 1.165) is 12.0 Å². The van der Waals surface area contributed by atoms with Gasteiger partial charge in [0.25, 0.3) is 0 Å². The highest BCUT2D eigenvalue weighted by Crippen LogP contribution is 2.33. The summed E-state index contributed by atoms with van der Waals surface area (Å²) < 4.78 is 18.4. The first-order valence-corrected chi connectivity index (χ1v) is 7.64. The highest BCUT2D eigenvalue weighted by atomic mass is 19.1. The molecule has 0 aliphatic carbocycles. The molecular formula is C18H16FN3O. The summed E-state index contributed by atoms with van der Waals surface area (Å²) in [5.41, 5.74) is 3.32. The number of anilines is 1. The molecule has 0 saturated carbocycles. The van der Waals surface area contributed by atoms with Crippen molar-refractivity contribution in [3.8, 4) is 11.4 Å². The number of halogens is 1. The van der Waals surface area contributed by atoms with Crippen LogP contribution in [-0.2, 0) is 13.0 Å². The molecule has 0 radical (unpaired) electrons. The predicted molar refractivity (Wildman–Crippen MR) is 85.5 cm³/mol. The first-order valence-electron chi connectivity index (χ1n) is 7.64. The van der Waals surface area contributed by atoms with E-state index < -0.39 is 0 Å². The SMILES string of the molecule is CC1Cc2ccccc2N1Cc1nc(-c2ccc(F)cc2)no1. The van der Waals surface area contributed by atoms with Gasteiger partial charge in [-0.3, -0.25) is 0 Å². The van der Waals surface area contributed by atoms with Gasteiger partial charge in [0.05, 0.1) is 6.54 Å². The lowest BCUT2D eigenvalue weighted by atomic mass is 10.1. The molecule has 0 bridgehead atoms. The molecule has 0 saturated heterocycles. The molecule has 4 rings (SSSR count). The fourth-order valence-corrected chi connectivity index (χ4v) is 3.05. The van der Waals surface area contributed by atoms with Gasteiger partial charge in [0.15, 0.2) is 0 Å². The summed E-state index contributed by atoms with van der Waals surface area (Å²) in [7, 11) is 0. The van der Waals surface area contributed by atoms with Crippen LogP contribution in [0.3, 0.4) is 0 Å². The van der Waals surface area contributed by atoms with E-state index in [1.807, 2.05) is 6.07 Å². The van der Waals surface area contributed by atoms with Gasteiger partial charge < -0.3 is 9.42 Å². The number of hydrogen-bond donors (Lipinski definition) is 0. The topological polar surface area (TPSA) is 42.2 Å². The van der Waals surface area contributed by atoms with E-state index in [1.165, 1.54) is 23.4 Å². The Labute approximate surface area is 133 Å². The van der Waals surface area contributed by atoms with Crippen LogP contribution in [0.4, 0.5) is 10.1 Å². The molecule has 116 valence electrons. The van der Waals surface area contributed by atoms with Crippen LogP contribution in [0.1, 0.15) is 18.4 Å². The Morgan fingerprint density at radius 2 is 1.96 bits per heavy atom. The molecule has 0 spiro atoms. The number of aromatic nitrogens is 2. The lowest BCUT2D eigenvalue weighted by Crippen LogP contribution is -2.28. The Bertz CT molecular complexity index is 828. The van der Waals surface area contributed by atoms with E-state index in [1.54, 1.807) is 12.1 Å². The van der Waals surface area contributed by atoms with Crippen molar-refractivity contribution in [1.82, 2.24) is 10.1 Å². The van der Waals surface area contributed by atoms with Crippen LogP contribution in [0, 0.1) is 5.82 Å². The minimum atomic E-state index is -0.278. The van der Waals surface area contributed by atoms with Gasteiger partial charge in [-0.15, -0.1) is 0 Å². The van der Waals surface area contributed by atoms with Crippen molar-refractivity contribution in [1.29, 1.82) is 0 Å². The van der Waals surface area contributed by atoms with Crippen molar-refractivity contribution in [2.24, 2.45) is 0 Å². The van der Waals surface area contributed by atoms with Crippen LogP contribution < -0.4 is 4.90 Å². The highest BCUT2D eigenvalue weighted by Gasteiger charge is 2.27. The fraction of sp³-hybridized carbons (Fsp3) is 0.222. The first kappa shape index (κ1) is 13.9. The Morgan fingerprint density at radius 3 is 2.78 bits per heavy atom. The van der Waals surface area contributed by atoms with Crippen molar-refractivity contribution < 1.29 is 8.91 Å². The van der Waals surface area contributed by atoms with Crippen molar-refractivity contribution in [2.75, 3.05) is 4.90 Å². The van der Waals surface area contributed by atoms with E-state index >= 15 is 0 Å². The zero-order chi connectivity index (χ0) is 15.8. The molecule has 23 heavy (non-hydrogen) atoms. The van der Waals surface area contributed by atoms with Crippen molar-refractivity contribution in [3.63, 3.8) is 0 Å². The molecule has 0 fully saturated rings. The molecule has 1 aliphatic rings. The molecule has 2 aromatic carbocycles. The number of nitrogens with zero attached hydrogens (tertiary/aromatic N) is 3. The van der Waals surface area contributed by atoms with E-state index in [2.05, 4.69) is 40.2 Å². The van der Waals surface area contributed by atoms with Gasteiger partial charge in [0.1, 0.15) is 5.82 Å².